The van der Waals surface area contributed by atoms with Crippen molar-refractivity contribution >= 4 is 16.8 Å². The molecule has 2 aromatic carbocycles. The van der Waals surface area contributed by atoms with Crippen molar-refractivity contribution in [2.24, 2.45) is 0 Å². The number of benzene rings is 2. The number of anilines is 1. The van der Waals surface area contributed by atoms with Crippen molar-refractivity contribution in [1.29, 1.82) is 10.5 Å². The Balaban J connectivity index is 2.10. The van der Waals surface area contributed by atoms with E-state index in [2.05, 4.69) is 4.98 Å². The predicted octanol–water partition coefficient (Wildman–Crippen LogP) is 4.10. The van der Waals surface area contributed by atoms with Gasteiger partial charge in [0.1, 0.15) is 46.2 Å². The fraction of sp³-hybridized carbons (Fsp3) is 0.0870. The maximum atomic E-state index is 12.3. The molecule has 0 bridgehead atoms. The molecular weight excluding hydrogens is 380 g/mol. The highest BCUT2D eigenvalue weighted by molar-refractivity contribution is 6.00. The number of aryl methyl sites for hydroxylation is 1. The lowest BCUT2D eigenvalue weighted by Crippen LogP contribution is -2.16. The molecule has 146 valence electrons. The van der Waals surface area contributed by atoms with Gasteiger partial charge in [0.2, 0.25) is 0 Å². The van der Waals surface area contributed by atoms with Gasteiger partial charge in [-0.25, -0.2) is 0 Å². The van der Waals surface area contributed by atoms with Crippen LogP contribution in [0.15, 0.2) is 51.7 Å². The zero-order valence-corrected chi connectivity index (χ0v) is 16.2. The molecule has 7 nitrogen and oxygen atoms in total. The van der Waals surface area contributed by atoms with Crippen LogP contribution in [0.2, 0.25) is 0 Å². The number of hydrogen-bond donors (Lipinski definition) is 2. The molecule has 0 saturated carbocycles. The average molecular weight is 396 g/mol. The summed E-state index contributed by atoms with van der Waals surface area (Å²) in [5.74, 6) is 0.986. The van der Waals surface area contributed by atoms with Gasteiger partial charge in [0.05, 0.1) is 7.11 Å². The first-order valence-electron chi connectivity index (χ1n) is 9.03. The molecule has 2 heterocycles. The second-order valence-corrected chi connectivity index (χ2v) is 6.66. The van der Waals surface area contributed by atoms with Crippen LogP contribution in [-0.4, -0.2) is 12.1 Å². The number of hydrogen-bond acceptors (Lipinski definition) is 6. The number of fused-ring (bicyclic) bond motifs is 1. The van der Waals surface area contributed by atoms with Crippen molar-refractivity contribution in [1.82, 2.24) is 4.98 Å². The standard InChI is InChI=1S/C23H16N4O3/c1-12-20(13-6-4-3-5-7-13)15-8-18(29-2)14(9-19(15)30-12)21-16(10-24)22(26)27-23(28)17(21)11-25/h3-9H,1-2H3,(H3,26,27,28). The van der Waals surface area contributed by atoms with E-state index < -0.39 is 5.56 Å². The fourth-order valence-corrected chi connectivity index (χ4v) is 3.69. The number of furan rings is 1. The summed E-state index contributed by atoms with van der Waals surface area (Å²) in [5.41, 5.74) is 7.89. The minimum atomic E-state index is -0.674. The number of nitrogens with two attached hydrogens (primary N) is 1. The van der Waals surface area contributed by atoms with Crippen LogP contribution in [0.5, 0.6) is 5.75 Å². The van der Waals surface area contributed by atoms with Crippen molar-refractivity contribution in [3.05, 3.63) is 69.7 Å². The third-order valence-electron chi connectivity index (χ3n) is 4.99. The molecule has 0 saturated heterocycles. The van der Waals surface area contributed by atoms with Gasteiger partial charge >= 0.3 is 0 Å². The maximum Gasteiger partial charge on any atom is 0.268 e. The molecule has 4 rings (SSSR count). The van der Waals surface area contributed by atoms with Gasteiger partial charge in [-0.2, -0.15) is 10.5 Å². The summed E-state index contributed by atoms with van der Waals surface area (Å²) < 4.78 is 11.6. The first kappa shape index (κ1) is 18.9. The van der Waals surface area contributed by atoms with E-state index in [0.717, 1.165) is 16.5 Å². The largest absolute Gasteiger partial charge is 0.496 e. The molecular formula is C23H16N4O3. The van der Waals surface area contributed by atoms with Crippen molar-refractivity contribution < 1.29 is 9.15 Å². The number of rotatable bonds is 3. The molecule has 4 aromatic rings. The van der Waals surface area contributed by atoms with Crippen LogP contribution in [0.3, 0.4) is 0 Å². The van der Waals surface area contributed by atoms with E-state index in [4.69, 9.17) is 14.9 Å². The Labute approximate surface area is 171 Å². The van der Waals surface area contributed by atoms with Crippen LogP contribution in [0, 0.1) is 29.6 Å². The highest BCUT2D eigenvalue weighted by atomic mass is 16.5. The zero-order chi connectivity index (χ0) is 21.4. The number of ether oxygens (including phenoxy) is 1. The third-order valence-corrected chi connectivity index (χ3v) is 4.99. The smallest absolute Gasteiger partial charge is 0.268 e. The molecule has 0 atom stereocenters. The van der Waals surface area contributed by atoms with Crippen LogP contribution < -0.4 is 16.0 Å². The molecule has 0 unspecified atom stereocenters. The van der Waals surface area contributed by atoms with Gasteiger partial charge in [-0.1, -0.05) is 30.3 Å². The summed E-state index contributed by atoms with van der Waals surface area (Å²) in [5, 5.41) is 20.0. The van der Waals surface area contributed by atoms with E-state index in [0.29, 0.717) is 22.7 Å². The second-order valence-electron chi connectivity index (χ2n) is 6.66. The molecule has 2 aromatic heterocycles. The Kier molecular flexibility index (Phi) is 4.50. The molecule has 0 amide bonds. The molecule has 0 spiro atoms. The maximum absolute atomic E-state index is 12.3. The summed E-state index contributed by atoms with van der Waals surface area (Å²) in [4.78, 5) is 14.6. The average Bonchev–Trinajstić information content (AvgIpc) is 3.07. The quantitative estimate of drug-likeness (QED) is 0.536. The second kappa shape index (κ2) is 7.16. The summed E-state index contributed by atoms with van der Waals surface area (Å²) in [6.45, 7) is 1.86. The van der Waals surface area contributed by atoms with Gasteiger partial charge in [0.15, 0.2) is 0 Å². The SMILES string of the molecule is COc1cc2c(-c3ccccc3)c(C)oc2cc1-c1c(C#N)c(N)[nH]c(=O)c1C#N. The van der Waals surface area contributed by atoms with E-state index >= 15 is 0 Å². The van der Waals surface area contributed by atoms with Gasteiger partial charge in [-0.05, 0) is 24.6 Å². The van der Waals surface area contributed by atoms with Crippen LogP contribution in [0.1, 0.15) is 16.9 Å². The number of nitrogen functional groups attached to an aromatic ring is 1. The van der Waals surface area contributed by atoms with E-state index in [1.165, 1.54) is 7.11 Å². The Morgan fingerprint density at radius 1 is 1.07 bits per heavy atom. The summed E-state index contributed by atoms with van der Waals surface area (Å²) in [7, 11) is 1.48. The van der Waals surface area contributed by atoms with Gasteiger partial charge in [0.25, 0.3) is 5.56 Å². The van der Waals surface area contributed by atoms with E-state index in [1.54, 1.807) is 12.1 Å². The van der Waals surface area contributed by atoms with Gasteiger partial charge in [-0.15, -0.1) is 0 Å². The predicted molar refractivity (Wildman–Crippen MR) is 113 cm³/mol. The lowest BCUT2D eigenvalue weighted by Gasteiger charge is -2.13. The number of H-pyrrole nitrogens is 1. The number of nitrogens with one attached hydrogen (secondary N) is 1. The minimum Gasteiger partial charge on any atom is -0.496 e. The minimum absolute atomic E-state index is 0.00430. The van der Waals surface area contributed by atoms with E-state index in [9.17, 15) is 15.3 Å². The van der Waals surface area contributed by atoms with Gasteiger partial charge < -0.3 is 19.9 Å². The number of nitriles is 2. The van der Waals surface area contributed by atoms with Crippen molar-refractivity contribution in [2.75, 3.05) is 12.8 Å². The number of aromatic nitrogens is 1. The Bertz CT molecular complexity index is 1430. The first-order chi connectivity index (χ1) is 14.5. The molecule has 0 radical (unpaired) electrons. The zero-order valence-electron chi connectivity index (χ0n) is 16.2. The lowest BCUT2D eigenvalue weighted by atomic mass is 9.94. The Morgan fingerprint density at radius 3 is 2.40 bits per heavy atom. The lowest BCUT2D eigenvalue weighted by molar-refractivity contribution is 0.417. The summed E-state index contributed by atoms with van der Waals surface area (Å²) in [6.07, 6.45) is 0. The van der Waals surface area contributed by atoms with Crippen LogP contribution in [0.25, 0.3) is 33.2 Å². The topological polar surface area (TPSA) is 129 Å². The highest BCUT2D eigenvalue weighted by Gasteiger charge is 2.23. The Morgan fingerprint density at radius 2 is 1.77 bits per heavy atom. The number of pyridine rings is 1. The molecule has 0 aliphatic carbocycles. The van der Waals surface area contributed by atoms with Crippen molar-refractivity contribution in [2.45, 2.75) is 6.92 Å². The Hall–Kier alpha value is -4.49. The number of methoxy groups -OCH3 is 1. The molecule has 0 fully saturated rings. The van der Waals surface area contributed by atoms with Crippen molar-refractivity contribution in [3.8, 4) is 40.1 Å². The highest BCUT2D eigenvalue weighted by Crippen LogP contribution is 2.42. The fourth-order valence-electron chi connectivity index (χ4n) is 3.69. The van der Waals surface area contributed by atoms with Crippen LogP contribution in [-0.2, 0) is 0 Å². The van der Waals surface area contributed by atoms with Crippen LogP contribution >= 0.6 is 0 Å². The van der Waals surface area contributed by atoms with Crippen molar-refractivity contribution in [3.63, 3.8) is 0 Å². The molecule has 0 aliphatic heterocycles. The van der Waals surface area contributed by atoms with E-state index in [-0.39, 0.29) is 22.5 Å². The summed E-state index contributed by atoms with van der Waals surface area (Å²) >= 11 is 0. The van der Waals surface area contributed by atoms with Gasteiger partial charge in [-0.3, -0.25) is 4.79 Å². The monoisotopic (exact) mass is 396 g/mol. The van der Waals surface area contributed by atoms with E-state index in [1.807, 2.05) is 49.4 Å². The number of nitrogens with zero attached hydrogens (tertiary/aromatic N) is 2. The number of aromatic amines is 1. The third kappa shape index (κ3) is 2.78. The first-order valence-corrected chi connectivity index (χ1v) is 9.03. The summed E-state index contributed by atoms with van der Waals surface area (Å²) in [6, 6.07) is 17.1. The normalized spacial score (nSPS) is 10.5. The van der Waals surface area contributed by atoms with Crippen LogP contribution in [0.4, 0.5) is 5.82 Å². The molecule has 3 N–H and O–H groups in total. The molecule has 7 heteroatoms. The molecule has 0 aliphatic rings. The molecule has 30 heavy (non-hydrogen) atoms. The van der Waals surface area contributed by atoms with Gasteiger partial charge in [0, 0.05) is 22.1 Å².